The fourth-order valence-corrected chi connectivity index (χ4v) is 5.76. The second-order valence-electron chi connectivity index (χ2n) is 6.18. The van der Waals surface area contributed by atoms with Crippen molar-refractivity contribution in [2.24, 2.45) is 0 Å². The molecule has 4 rings (SSSR count). The lowest BCUT2D eigenvalue weighted by Gasteiger charge is -2.27. The minimum Gasteiger partial charge on any atom is -0.369 e. The third-order valence-corrected chi connectivity index (χ3v) is 7.36. The summed E-state index contributed by atoms with van der Waals surface area (Å²) in [6.45, 7) is 1.98. The van der Waals surface area contributed by atoms with Crippen molar-refractivity contribution in [3.05, 3.63) is 57.5 Å². The molecular formula is C17H16BrClN2O2S. The molecule has 2 aromatic carbocycles. The Hall–Kier alpha value is -1.08. The van der Waals surface area contributed by atoms with E-state index in [-0.39, 0.29) is 6.04 Å². The van der Waals surface area contributed by atoms with Crippen LogP contribution in [0.15, 0.2) is 51.8 Å². The van der Waals surface area contributed by atoms with E-state index in [0.29, 0.717) is 16.5 Å². The van der Waals surface area contributed by atoms with Gasteiger partial charge in [0.25, 0.3) is 0 Å². The minimum absolute atomic E-state index is 0.00291. The van der Waals surface area contributed by atoms with Crippen LogP contribution in [-0.2, 0) is 16.6 Å². The van der Waals surface area contributed by atoms with Gasteiger partial charge in [0, 0.05) is 35.2 Å². The highest BCUT2D eigenvalue weighted by Gasteiger charge is 2.41. The van der Waals surface area contributed by atoms with Crippen molar-refractivity contribution in [2.45, 2.75) is 23.9 Å². The maximum atomic E-state index is 13.3. The summed E-state index contributed by atoms with van der Waals surface area (Å²) in [5.41, 5.74) is 1.74. The van der Waals surface area contributed by atoms with Crippen LogP contribution in [0.3, 0.4) is 0 Å². The van der Waals surface area contributed by atoms with Crippen LogP contribution in [0.25, 0.3) is 0 Å². The van der Waals surface area contributed by atoms with Gasteiger partial charge in [-0.05, 0) is 42.3 Å². The molecule has 2 aliphatic heterocycles. The predicted octanol–water partition coefficient (Wildman–Crippen LogP) is 3.89. The highest BCUT2D eigenvalue weighted by molar-refractivity contribution is 9.10. The molecule has 24 heavy (non-hydrogen) atoms. The molecule has 1 atom stereocenters. The van der Waals surface area contributed by atoms with Crippen molar-refractivity contribution in [1.82, 2.24) is 4.31 Å². The standard InChI is InChI=1S/C17H16BrClN2O2S/c18-13-3-6-17-16(9-13)20-8-7-15(11-20)21(24(17,22)23)10-12-1-4-14(19)5-2-12/h1-6,9,15H,7-8,10-11H2/t15-/m1/s1. The summed E-state index contributed by atoms with van der Waals surface area (Å²) in [6, 6.07) is 12.8. The minimum atomic E-state index is -3.54. The number of hydrogen-bond acceptors (Lipinski definition) is 3. The van der Waals surface area contributed by atoms with Gasteiger partial charge in [-0.3, -0.25) is 0 Å². The van der Waals surface area contributed by atoms with Crippen LogP contribution in [0, 0.1) is 0 Å². The molecule has 126 valence electrons. The number of hydrogen-bond donors (Lipinski definition) is 0. The molecule has 0 unspecified atom stereocenters. The van der Waals surface area contributed by atoms with Crippen molar-refractivity contribution in [1.29, 1.82) is 0 Å². The van der Waals surface area contributed by atoms with Gasteiger partial charge in [-0.15, -0.1) is 0 Å². The van der Waals surface area contributed by atoms with Gasteiger partial charge in [-0.2, -0.15) is 4.31 Å². The normalized spacial score (nSPS) is 22.2. The summed E-state index contributed by atoms with van der Waals surface area (Å²) in [7, 11) is -3.54. The van der Waals surface area contributed by atoms with Crippen LogP contribution in [0.5, 0.6) is 0 Å². The summed E-state index contributed by atoms with van der Waals surface area (Å²) in [5, 5.41) is 0.653. The Labute approximate surface area is 155 Å². The molecule has 7 heteroatoms. The van der Waals surface area contributed by atoms with Gasteiger partial charge in [0.15, 0.2) is 0 Å². The maximum Gasteiger partial charge on any atom is 0.245 e. The topological polar surface area (TPSA) is 40.6 Å². The molecule has 0 radical (unpaired) electrons. The Kier molecular flexibility index (Phi) is 4.11. The third kappa shape index (κ3) is 2.75. The second kappa shape index (κ2) is 6.02. The number of rotatable bonds is 2. The van der Waals surface area contributed by atoms with Crippen molar-refractivity contribution in [3.63, 3.8) is 0 Å². The van der Waals surface area contributed by atoms with Crippen molar-refractivity contribution in [2.75, 3.05) is 18.0 Å². The van der Waals surface area contributed by atoms with E-state index >= 15 is 0 Å². The van der Waals surface area contributed by atoms with Gasteiger partial charge >= 0.3 is 0 Å². The van der Waals surface area contributed by atoms with E-state index in [2.05, 4.69) is 20.8 Å². The van der Waals surface area contributed by atoms with Crippen molar-refractivity contribution >= 4 is 43.2 Å². The average molecular weight is 428 g/mol. The second-order valence-corrected chi connectivity index (χ2v) is 9.39. The van der Waals surface area contributed by atoms with E-state index in [4.69, 9.17) is 11.6 Å². The fourth-order valence-electron chi connectivity index (χ4n) is 3.46. The molecule has 0 saturated carbocycles. The number of halogens is 2. The molecule has 0 N–H and O–H groups in total. The zero-order chi connectivity index (χ0) is 16.9. The summed E-state index contributed by atoms with van der Waals surface area (Å²) in [6.07, 6.45) is 0.846. The van der Waals surface area contributed by atoms with Gasteiger partial charge in [0.1, 0.15) is 4.90 Å². The maximum absolute atomic E-state index is 13.3. The van der Waals surface area contributed by atoms with E-state index in [1.165, 1.54) is 0 Å². The monoisotopic (exact) mass is 426 g/mol. The Balaban J connectivity index is 1.79. The number of nitrogens with zero attached hydrogens (tertiary/aromatic N) is 2. The summed E-state index contributed by atoms with van der Waals surface area (Å²) in [5.74, 6) is 0. The summed E-state index contributed by atoms with van der Waals surface area (Å²) >= 11 is 9.39. The first kappa shape index (κ1) is 16.4. The first-order chi connectivity index (χ1) is 11.4. The van der Waals surface area contributed by atoms with Crippen LogP contribution < -0.4 is 4.90 Å². The number of anilines is 1. The Bertz CT molecular complexity index is 886. The SMILES string of the molecule is O=S1(=O)c2ccc(Br)cc2N2CC[C@H](C2)N1Cc1ccc(Cl)cc1. The molecule has 2 bridgehead atoms. The van der Waals surface area contributed by atoms with E-state index in [0.717, 1.165) is 35.2 Å². The van der Waals surface area contributed by atoms with Crippen molar-refractivity contribution < 1.29 is 8.42 Å². The first-order valence-corrected chi connectivity index (χ1v) is 10.4. The molecule has 1 fully saturated rings. The lowest BCUT2D eigenvalue weighted by atomic mass is 10.2. The summed E-state index contributed by atoms with van der Waals surface area (Å²) < 4.78 is 29.1. The van der Waals surface area contributed by atoms with Gasteiger partial charge < -0.3 is 4.90 Å². The zero-order valence-electron chi connectivity index (χ0n) is 12.8. The van der Waals surface area contributed by atoms with Gasteiger partial charge in [0.2, 0.25) is 10.0 Å². The third-order valence-electron chi connectivity index (χ3n) is 4.67. The van der Waals surface area contributed by atoms with E-state index in [1.54, 1.807) is 28.6 Å². The van der Waals surface area contributed by atoms with Crippen LogP contribution in [-0.4, -0.2) is 31.9 Å². The van der Waals surface area contributed by atoms with Gasteiger partial charge in [-0.25, -0.2) is 8.42 Å². The molecule has 2 heterocycles. The molecule has 0 aliphatic carbocycles. The van der Waals surface area contributed by atoms with E-state index in [9.17, 15) is 8.42 Å². The molecule has 0 spiro atoms. The Morgan fingerprint density at radius 2 is 1.92 bits per heavy atom. The van der Waals surface area contributed by atoms with E-state index in [1.807, 2.05) is 18.2 Å². The fraction of sp³-hybridized carbons (Fsp3) is 0.294. The van der Waals surface area contributed by atoms with E-state index < -0.39 is 10.0 Å². The lowest BCUT2D eigenvalue weighted by molar-refractivity contribution is 0.333. The lowest BCUT2D eigenvalue weighted by Crippen LogP contribution is -2.39. The van der Waals surface area contributed by atoms with Crippen LogP contribution in [0.4, 0.5) is 5.69 Å². The first-order valence-electron chi connectivity index (χ1n) is 7.76. The van der Waals surface area contributed by atoms with Crippen LogP contribution >= 0.6 is 27.5 Å². The summed E-state index contributed by atoms with van der Waals surface area (Å²) in [4.78, 5) is 2.56. The zero-order valence-corrected chi connectivity index (χ0v) is 16.0. The highest BCUT2D eigenvalue weighted by atomic mass is 79.9. The molecule has 1 saturated heterocycles. The Morgan fingerprint density at radius 3 is 2.67 bits per heavy atom. The molecule has 4 nitrogen and oxygen atoms in total. The number of benzene rings is 2. The molecule has 0 aromatic heterocycles. The Morgan fingerprint density at radius 1 is 1.17 bits per heavy atom. The quantitative estimate of drug-likeness (QED) is 0.730. The van der Waals surface area contributed by atoms with Crippen LogP contribution in [0.1, 0.15) is 12.0 Å². The molecule has 0 amide bonds. The van der Waals surface area contributed by atoms with Crippen molar-refractivity contribution in [3.8, 4) is 0 Å². The van der Waals surface area contributed by atoms with Crippen LogP contribution in [0.2, 0.25) is 5.02 Å². The molecule has 2 aliphatic rings. The van der Waals surface area contributed by atoms with Gasteiger partial charge in [0.05, 0.1) is 5.69 Å². The smallest absolute Gasteiger partial charge is 0.245 e. The predicted molar refractivity (Wildman–Crippen MR) is 98.9 cm³/mol. The largest absolute Gasteiger partial charge is 0.369 e. The number of sulfonamides is 1. The number of fused-ring (bicyclic) bond motifs is 4. The molecular weight excluding hydrogens is 412 g/mol. The van der Waals surface area contributed by atoms with Gasteiger partial charge in [-0.1, -0.05) is 39.7 Å². The average Bonchev–Trinajstić information content (AvgIpc) is 3.00. The highest BCUT2D eigenvalue weighted by Crippen LogP contribution is 2.39. The molecule has 2 aromatic rings.